The largest absolute Gasteiger partial charge is 0.493 e. The van der Waals surface area contributed by atoms with Crippen LogP contribution in [0, 0.1) is 6.92 Å². The lowest BCUT2D eigenvalue weighted by atomic mass is 10.2. The van der Waals surface area contributed by atoms with E-state index in [1.807, 2.05) is 0 Å². The average molecular weight is 390 g/mol. The van der Waals surface area contributed by atoms with Crippen LogP contribution in [0.2, 0.25) is 0 Å². The maximum atomic E-state index is 13.0. The fourth-order valence-corrected chi connectivity index (χ4v) is 4.47. The third-order valence-electron chi connectivity index (χ3n) is 4.48. The second-order valence-electron chi connectivity index (χ2n) is 6.24. The number of hydrogen-bond donors (Lipinski definition) is 1. The number of sulfonamides is 1. The first kappa shape index (κ1) is 19.0. The number of benzene rings is 2. The predicted octanol–water partition coefficient (Wildman–Crippen LogP) is 2.94. The summed E-state index contributed by atoms with van der Waals surface area (Å²) in [4.78, 5) is 13.8. The van der Waals surface area contributed by atoms with Crippen LogP contribution in [0.5, 0.6) is 11.5 Å². The number of nitrogens with zero attached hydrogens (tertiary/aromatic N) is 1. The van der Waals surface area contributed by atoms with Crippen molar-refractivity contribution in [1.82, 2.24) is 0 Å². The third-order valence-corrected chi connectivity index (χ3v) is 5.99. The molecular weight excluding hydrogens is 368 g/mol. The number of ether oxygens (including phenoxy) is 2. The van der Waals surface area contributed by atoms with Crippen molar-refractivity contribution in [2.24, 2.45) is 0 Å². The fourth-order valence-electron chi connectivity index (χ4n) is 3.15. The van der Waals surface area contributed by atoms with E-state index in [2.05, 4.69) is 4.72 Å². The quantitative estimate of drug-likeness (QED) is 0.820. The highest BCUT2D eigenvalue weighted by molar-refractivity contribution is 7.92. The van der Waals surface area contributed by atoms with Gasteiger partial charge in [0.05, 0.1) is 30.5 Å². The van der Waals surface area contributed by atoms with Crippen molar-refractivity contribution in [3.8, 4) is 11.5 Å². The molecule has 2 aromatic rings. The lowest BCUT2D eigenvalue weighted by Crippen LogP contribution is -2.25. The molecule has 1 fully saturated rings. The topological polar surface area (TPSA) is 84.9 Å². The third kappa shape index (κ3) is 3.71. The minimum absolute atomic E-state index is 0.0102. The summed E-state index contributed by atoms with van der Waals surface area (Å²) < 4.78 is 39.1. The van der Waals surface area contributed by atoms with E-state index in [0.29, 0.717) is 41.4 Å². The number of carbonyl (C=O) groups is 1. The summed E-state index contributed by atoms with van der Waals surface area (Å²) in [6.45, 7) is 2.26. The highest BCUT2D eigenvalue weighted by Gasteiger charge is 2.26. The smallest absolute Gasteiger partial charge is 0.262 e. The summed E-state index contributed by atoms with van der Waals surface area (Å²) >= 11 is 0. The Morgan fingerprint density at radius 1 is 1.07 bits per heavy atom. The van der Waals surface area contributed by atoms with Crippen molar-refractivity contribution in [2.75, 3.05) is 30.4 Å². The Bertz CT molecular complexity index is 972. The number of para-hydroxylation sites is 2. The molecule has 3 rings (SSSR count). The summed E-state index contributed by atoms with van der Waals surface area (Å²) in [6.07, 6.45) is 1.23. The van der Waals surface area contributed by atoms with Gasteiger partial charge in [-0.3, -0.25) is 9.52 Å². The first-order chi connectivity index (χ1) is 12.9. The van der Waals surface area contributed by atoms with Crippen LogP contribution in [0.4, 0.5) is 11.4 Å². The molecular formula is C19H22N2O5S. The Balaban J connectivity index is 2.00. The Kier molecular flexibility index (Phi) is 5.27. The summed E-state index contributed by atoms with van der Waals surface area (Å²) in [5.41, 5.74) is 1.44. The van der Waals surface area contributed by atoms with Crippen LogP contribution >= 0.6 is 0 Å². The Labute approximate surface area is 158 Å². The standard InChI is InChI=1S/C19H22N2O5S/c1-13-11-16(25-2)17(26-3)12-18(13)27(23,24)20-14-7-4-5-8-15(14)21-10-6-9-19(21)22/h4-5,7-8,11-12,20H,6,9-10H2,1-3H3. The SMILES string of the molecule is COc1cc(C)c(S(=O)(=O)Nc2ccccc2N2CCCC2=O)cc1OC. The van der Waals surface area contributed by atoms with Crippen LogP contribution < -0.4 is 19.1 Å². The zero-order chi connectivity index (χ0) is 19.6. The number of carbonyl (C=O) groups excluding carboxylic acids is 1. The van der Waals surface area contributed by atoms with E-state index in [0.717, 1.165) is 6.42 Å². The van der Waals surface area contributed by atoms with Crippen LogP contribution in [0.25, 0.3) is 0 Å². The van der Waals surface area contributed by atoms with Crippen molar-refractivity contribution in [3.05, 3.63) is 42.0 Å². The summed E-state index contributed by atoms with van der Waals surface area (Å²) in [6, 6.07) is 9.93. The first-order valence-electron chi connectivity index (χ1n) is 8.52. The zero-order valence-corrected chi connectivity index (χ0v) is 16.3. The number of amides is 1. The molecule has 0 bridgehead atoms. The summed E-state index contributed by atoms with van der Waals surface area (Å²) in [7, 11) is -0.952. The van der Waals surface area contributed by atoms with Gasteiger partial charge < -0.3 is 14.4 Å². The molecule has 1 saturated heterocycles. The second-order valence-corrected chi connectivity index (χ2v) is 7.90. The van der Waals surface area contributed by atoms with E-state index < -0.39 is 10.0 Å². The van der Waals surface area contributed by atoms with Crippen molar-refractivity contribution < 1.29 is 22.7 Å². The van der Waals surface area contributed by atoms with Crippen molar-refractivity contribution >= 4 is 27.3 Å². The first-order valence-corrected chi connectivity index (χ1v) is 10.0. The molecule has 1 heterocycles. The number of anilines is 2. The van der Waals surface area contributed by atoms with E-state index in [-0.39, 0.29) is 10.8 Å². The van der Waals surface area contributed by atoms with Gasteiger partial charge in [0.1, 0.15) is 0 Å². The van der Waals surface area contributed by atoms with Crippen LogP contribution in [0.15, 0.2) is 41.3 Å². The van der Waals surface area contributed by atoms with Crippen LogP contribution in [0.1, 0.15) is 18.4 Å². The predicted molar refractivity (Wildman–Crippen MR) is 103 cm³/mol. The summed E-state index contributed by atoms with van der Waals surface area (Å²) in [5, 5.41) is 0. The Morgan fingerprint density at radius 2 is 1.74 bits per heavy atom. The van der Waals surface area contributed by atoms with Gasteiger partial charge >= 0.3 is 0 Å². The molecule has 7 nitrogen and oxygen atoms in total. The molecule has 0 aromatic heterocycles. The molecule has 0 radical (unpaired) electrons. The molecule has 0 aliphatic carbocycles. The molecule has 1 N–H and O–H groups in total. The molecule has 0 unspecified atom stereocenters. The van der Waals surface area contributed by atoms with Gasteiger partial charge in [-0.25, -0.2) is 8.42 Å². The van der Waals surface area contributed by atoms with E-state index in [1.165, 1.54) is 20.3 Å². The minimum atomic E-state index is -3.89. The molecule has 2 aromatic carbocycles. The molecule has 1 aliphatic heterocycles. The molecule has 0 spiro atoms. The highest BCUT2D eigenvalue weighted by atomic mass is 32.2. The van der Waals surface area contributed by atoms with Crippen LogP contribution in [-0.4, -0.2) is 35.1 Å². The zero-order valence-electron chi connectivity index (χ0n) is 15.5. The van der Waals surface area contributed by atoms with Gasteiger partial charge in [0.2, 0.25) is 5.91 Å². The van der Waals surface area contributed by atoms with Gasteiger partial charge in [0.25, 0.3) is 10.0 Å². The monoisotopic (exact) mass is 390 g/mol. The van der Waals surface area contributed by atoms with E-state index in [1.54, 1.807) is 42.2 Å². The maximum Gasteiger partial charge on any atom is 0.262 e. The molecule has 1 aliphatic rings. The van der Waals surface area contributed by atoms with Crippen molar-refractivity contribution in [3.63, 3.8) is 0 Å². The number of hydrogen-bond acceptors (Lipinski definition) is 5. The van der Waals surface area contributed by atoms with Gasteiger partial charge in [-0.15, -0.1) is 0 Å². The fraction of sp³-hybridized carbons (Fsp3) is 0.316. The molecule has 0 saturated carbocycles. The maximum absolute atomic E-state index is 13.0. The molecule has 0 atom stereocenters. The van der Waals surface area contributed by atoms with E-state index in [9.17, 15) is 13.2 Å². The van der Waals surface area contributed by atoms with Gasteiger partial charge in [0.15, 0.2) is 11.5 Å². The average Bonchev–Trinajstić information content (AvgIpc) is 3.07. The lowest BCUT2D eigenvalue weighted by molar-refractivity contribution is -0.117. The molecule has 27 heavy (non-hydrogen) atoms. The van der Waals surface area contributed by atoms with Gasteiger partial charge in [-0.1, -0.05) is 12.1 Å². The minimum Gasteiger partial charge on any atom is -0.493 e. The van der Waals surface area contributed by atoms with Crippen LogP contribution in [0.3, 0.4) is 0 Å². The van der Waals surface area contributed by atoms with Crippen LogP contribution in [-0.2, 0) is 14.8 Å². The number of rotatable bonds is 6. The lowest BCUT2D eigenvalue weighted by Gasteiger charge is -2.21. The van der Waals surface area contributed by atoms with Crippen molar-refractivity contribution in [2.45, 2.75) is 24.7 Å². The van der Waals surface area contributed by atoms with Gasteiger partial charge in [-0.2, -0.15) is 0 Å². The van der Waals surface area contributed by atoms with Crippen molar-refractivity contribution in [1.29, 1.82) is 0 Å². The number of aryl methyl sites for hydroxylation is 1. The Hall–Kier alpha value is -2.74. The summed E-state index contributed by atoms with van der Waals surface area (Å²) in [5.74, 6) is 0.771. The van der Waals surface area contributed by atoms with Gasteiger partial charge in [0, 0.05) is 19.0 Å². The van der Waals surface area contributed by atoms with Gasteiger partial charge in [-0.05, 0) is 37.1 Å². The number of methoxy groups -OCH3 is 2. The second kappa shape index (κ2) is 7.48. The van der Waals surface area contributed by atoms with E-state index in [4.69, 9.17) is 9.47 Å². The normalized spacial score (nSPS) is 14.3. The van der Waals surface area contributed by atoms with E-state index >= 15 is 0 Å². The molecule has 8 heteroatoms. The Morgan fingerprint density at radius 3 is 2.37 bits per heavy atom. The molecule has 1 amide bonds. The number of nitrogens with one attached hydrogen (secondary N) is 1. The highest BCUT2D eigenvalue weighted by Crippen LogP contribution is 2.35. The molecule has 144 valence electrons.